The molecule has 0 saturated heterocycles. The van der Waals surface area contributed by atoms with Gasteiger partial charge >= 0.3 is 0 Å². The number of benzene rings is 4. The van der Waals surface area contributed by atoms with Crippen molar-refractivity contribution in [1.82, 2.24) is 5.09 Å². The summed E-state index contributed by atoms with van der Waals surface area (Å²) in [6, 6.07) is 35.8. The Balaban J connectivity index is 1.80. The van der Waals surface area contributed by atoms with Crippen molar-refractivity contribution >= 4 is 29.5 Å². The predicted molar refractivity (Wildman–Crippen MR) is 130 cm³/mol. The van der Waals surface area contributed by atoms with Gasteiger partial charge in [-0.05, 0) is 54.1 Å². The van der Waals surface area contributed by atoms with Crippen LogP contribution in [0.5, 0.6) is 0 Å². The topological polar surface area (TPSA) is 29.1 Å². The van der Waals surface area contributed by atoms with Crippen molar-refractivity contribution in [2.24, 2.45) is 0 Å². The first-order valence-corrected chi connectivity index (χ1v) is 12.0. The Morgan fingerprint density at radius 2 is 1.16 bits per heavy atom. The van der Waals surface area contributed by atoms with Gasteiger partial charge in [0.1, 0.15) is 6.04 Å². The van der Waals surface area contributed by atoms with E-state index in [2.05, 4.69) is 16.9 Å². The van der Waals surface area contributed by atoms with E-state index in [0.717, 1.165) is 21.7 Å². The van der Waals surface area contributed by atoms with Crippen LogP contribution in [-0.2, 0) is 4.57 Å². The number of hydrogen-bond acceptors (Lipinski definition) is 1. The summed E-state index contributed by atoms with van der Waals surface area (Å²) >= 11 is 6.10. The van der Waals surface area contributed by atoms with Crippen LogP contribution < -0.4 is 15.7 Å². The molecule has 2 nitrogen and oxygen atoms in total. The molecule has 4 rings (SSSR count). The molecule has 0 bridgehead atoms. The van der Waals surface area contributed by atoms with E-state index in [-0.39, 0.29) is 0 Å². The summed E-state index contributed by atoms with van der Waals surface area (Å²) < 4.78 is 14.5. The summed E-state index contributed by atoms with van der Waals surface area (Å²) in [7, 11) is -3.16. The fourth-order valence-electron chi connectivity index (χ4n) is 3.28. The number of hydrogen-bond donors (Lipinski definition) is 1. The lowest BCUT2D eigenvalue weighted by atomic mass is 10.1. The van der Waals surface area contributed by atoms with Gasteiger partial charge in [0.15, 0.2) is 0 Å². The second-order valence-corrected chi connectivity index (χ2v) is 9.98. The van der Waals surface area contributed by atoms with E-state index in [4.69, 9.17) is 11.6 Å². The maximum absolute atomic E-state index is 14.5. The average molecular weight is 442 g/mol. The van der Waals surface area contributed by atoms with E-state index in [1.807, 2.05) is 115 Å². The van der Waals surface area contributed by atoms with Gasteiger partial charge in [-0.1, -0.05) is 90.2 Å². The molecule has 0 aliphatic carbocycles. The molecule has 1 atom stereocenters. The highest BCUT2D eigenvalue weighted by molar-refractivity contribution is 7.76. The zero-order valence-electron chi connectivity index (χ0n) is 16.8. The molecule has 0 amide bonds. The largest absolute Gasteiger partial charge is 0.296 e. The molecule has 1 unspecified atom stereocenters. The maximum atomic E-state index is 14.5. The average Bonchev–Trinajstić information content (AvgIpc) is 2.84. The van der Waals surface area contributed by atoms with Crippen molar-refractivity contribution in [2.75, 3.05) is 0 Å². The Labute approximate surface area is 188 Å². The minimum atomic E-state index is -3.16. The first kappa shape index (κ1) is 21.2. The highest BCUT2D eigenvalue weighted by Crippen LogP contribution is 2.41. The summed E-state index contributed by atoms with van der Waals surface area (Å²) in [5.74, 6) is 6.51. The van der Waals surface area contributed by atoms with E-state index < -0.39 is 13.3 Å². The van der Waals surface area contributed by atoms with Gasteiger partial charge in [0, 0.05) is 21.2 Å². The molecule has 0 aliphatic rings. The zero-order valence-corrected chi connectivity index (χ0v) is 18.4. The maximum Gasteiger partial charge on any atom is 0.205 e. The minimum absolute atomic E-state index is 0.455. The first-order valence-electron chi connectivity index (χ1n) is 9.96. The third-order valence-corrected chi connectivity index (χ3v) is 7.81. The van der Waals surface area contributed by atoms with E-state index in [1.165, 1.54) is 0 Å². The Morgan fingerprint density at radius 3 is 1.68 bits per heavy atom. The third kappa shape index (κ3) is 5.16. The van der Waals surface area contributed by atoms with Crippen LogP contribution in [0.3, 0.4) is 0 Å². The van der Waals surface area contributed by atoms with Crippen LogP contribution in [0.4, 0.5) is 0 Å². The van der Waals surface area contributed by atoms with Crippen LogP contribution in [-0.4, -0.2) is 0 Å². The molecular weight excluding hydrogens is 421 g/mol. The summed E-state index contributed by atoms with van der Waals surface area (Å²) in [6.45, 7) is 0. The van der Waals surface area contributed by atoms with E-state index in [0.29, 0.717) is 5.02 Å². The lowest BCUT2D eigenvalue weighted by Crippen LogP contribution is -2.30. The number of halogens is 1. The summed E-state index contributed by atoms with van der Waals surface area (Å²) in [4.78, 5) is 0. The molecule has 4 aromatic carbocycles. The molecule has 0 fully saturated rings. The fraction of sp³-hybridized carbons (Fsp3) is 0.0370. The van der Waals surface area contributed by atoms with Gasteiger partial charge in [-0.2, -0.15) is 0 Å². The van der Waals surface area contributed by atoms with Crippen molar-refractivity contribution in [3.8, 4) is 11.8 Å². The summed E-state index contributed by atoms with van der Waals surface area (Å²) in [5, 5.41) is 5.53. The summed E-state index contributed by atoms with van der Waals surface area (Å²) in [6.07, 6.45) is 0. The lowest BCUT2D eigenvalue weighted by molar-refractivity contribution is 0.574. The molecule has 4 aromatic rings. The minimum Gasteiger partial charge on any atom is -0.296 e. The van der Waals surface area contributed by atoms with Gasteiger partial charge in [0.2, 0.25) is 7.29 Å². The van der Waals surface area contributed by atoms with Gasteiger partial charge in [0.25, 0.3) is 0 Å². The number of nitrogens with one attached hydrogen (secondary N) is 1. The Bertz CT molecular complexity index is 1190. The van der Waals surface area contributed by atoms with Crippen LogP contribution in [0.2, 0.25) is 5.02 Å². The standard InChI is InChI=1S/C27H21ClNOP/c28-24-19-17-23(18-20-24)27(21-16-22-10-4-1-5-11-22)29-31(30,25-12-6-2-7-13-25)26-14-8-3-9-15-26/h1-15,17-20,27H,(H,29,30). The SMILES string of the molecule is O=P(NC(C#Cc1ccccc1)c1ccc(Cl)cc1)(c1ccccc1)c1ccccc1. The fourth-order valence-corrected chi connectivity index (χ4v) is 5.76. The van der Waals surface area contributed by atoms with E-state index >= 15 is 0 Å². The lowest BCUT2D eigenvalue weighted by Gasteiger charge is -2.24. The van der Waals surface area contributed by atoms with E-state index in [9.17, 15) is 4.57 Å². The molecule has 4 heteroatoms. The highest BCUT2D eigenvalue weighted by Gasteiger charge is 2.30. The predicted octanol–water partition coefficient (Wildman–Crippen LogP) is 5.95. The molecule has 31 heavy (non-hydrogen) atoms. The van der Waals surface area contributed by atoms with E-state index in [1.54, 1.807) is 0 Å². The molecular formula is C27H21ClNOP. The highest BCUT2D eigenvalue weighted by atomic mass is 35.5. The van der Waals surface area contributed by atoms with Crippen LogP contribution in [0.25, 0.3) is 0 Å². The van der Waals surface area contributed by atoms with Crippen molar-refractivity contribution in [2.45, 2.75) is 6.04 Å². The normalized spacial score (nSPS) is 11.9. The first-order chi connectivity index (χ1) is 15.1. The van der Waals surface area contributed by atoms with Gasteiger partial charge in [-0.15, -0.1) is 0 Å². The molecule has 1 N–H and O–H groups in total. The van der Waals surface area contributed by atoms with Gasteiger partial charge < -0.3 is 0 Å². The second kappa shape index (κ2) is 9.82. The Kier molecular flexibility index (Phi) is 6.70. The Morgan fingerprint density at radius 1 is 0.677 bits per heavy atom. The smallest absolute Gasteiger partial charge is 0.205 e. The molecule has 152 valence electrons. The van der Waals surface area contributed by atoms with Crippen molar-refractivity contribution < 1.29 is 4.57 Å². The van der Waals surface area contributed by atoms with Crippen LogP contribution in [0.15, 0.2) is 115 Å². The van der Waals surface area contributed by atoms with Crippen LogP contribution >= 0.6 is 18.9 Å². The molecule has 0 heterocycles. The number of rotatable bonds is 5. The molecule has 0 aliphatic heterocycles. The van der Waals surface area contributed by atoms with Gasteiger partial charge in [-0.25, -0.2) is 5.09 Å². The second-order valence-electron chi connectivity index (χ2n) is 7.03. The third-order valence-electron chi connectivity index (χ3n) is 4.89. The summed E-state index contributed by atoms with van der Waals surface area (Å²) in [5.41, 5.74) is 1.80. The zero-order chi connectivity index (χ0) is 21.5. The van der Waals surface area contributed by atoms with Crippen LogP contribution in [0, 0.1) is 11.8 Å². The monoisotopic (exact) mass is 441 g/mol. The van der Waals surface area contributed by atoms with Crippen molar-refractivity contribution in [3.05, 3.63) is 131 Å². The van der Waals surface area contributed by atoms with Crippen molar-refractivity contribution in [3.63, 3.8) is 0 Å². The molecule has 0 spiro atoms. The Hall–Kier alpha value is -3.08. The van der Waals surface area contributed by atoms with Gasteiger partial charge in [-0.3, -0.25) is 4.57 Å². The van der Waals surface area contributed by atoms with Crippen molar-refractivity contribution in [1.29, 1.82) is 0 Å². The molecule has 0 radical (unpaired) electrons. The molecule has 0 aromatic heterocycles. The molecule has 0 saturated carbocycles. The quantitative estimate of drug-likeness (QED) is 0.306. The van der Waals surface area contributed by atoms with Crippen LogP contribution in [0.1, 0.15) is 17.2 Å². The van der Waals surface area contributed by atoms with Gasteiger partial charge in [0.05, 0.1) is 0 Å².